The summed E-state index contributed by atoms with van der Waals surface area (Å²) in [6.07, 6.45) is 1.07. The van der Waals surface area contributed by atoms with E-state index >= 15 is 0 Å². The summed E-state index contributed by atoms with van der Waals surface area (Å²) in [5.74, 6) is 0. The third kappa shape index (κ3) is 15.1. The molecule has 4 heterocycles. The minimum absolute atomic E-state index is 0.0922. The molecular weight excluding hydrogens is 1710 g/mol. The third-order valence-corrected chi connectivity index (χ3v) is 23.2. The van der Waals surface area contributed by atoms with Crippen LogP contribution in [0.5, 0.6) is 0 Å². The number of nitrogens with zero attached hydrogens (tertiary/aromatic N) is 5. The molecule has 0 spiro atoms. The Morgan fingerprint density at radius 1 is 0.351 bits per heavy atom. The molecule has 3 N–H and O–H groups in total. The van der Waals surface area contributed by atoms with E-state index in [1.165, 1.54) is 94.3 Å². The van der Waals surface area contributed by atoms with Gasteiger partial charge in [-0.05, 0) is 172 Å². The van der Waals surface area contributed by atoms with Gasteiger partial charge in [-0.2, -0.15) is 0 Å². The normalized spacial score (nSPS) is 11.2. The minimum Gasteiger partial charge on any atom is -0.423 e. The lowest BCUT2D eigenvalue weighted by molar-refractivity contribution is -0.384. The summed E-state index contributed by atoms with van der Waals surface area (Å²) >= 11 is 34.7. The van der Waals surface area contributed by atoms with E-state index in [4.69, 9.17) is 56.5 Å². The second-order valence-electron chi connectivity index (χ2n) is 25.8. The molecule has 1 aliphatic rings. The Balaban J connectivity index is 0.000000110. The molecule has 0 saturated carbocycles. The lowest BCUT2D eigenvalue weighted by Gasteiger charge is -2.10. The van der Waals surface area contributed by atoms with Gasteiger partial charge in [0.25, 0.3) is 11.4 Å². The number of nitro benzene ring substituents is 2. The average molecular weight is 1770 g/mol. The van der Waals surface area contributed by atoms with E-state index in [2.05, 4.69) is 231 Å². The lowest BCUT2D eigenvalue weighted by atomic mass is 9.79. The van der Waals surface area contributed by atoms with Crippen molar-refractivity contribution < 1.29 is 19.9 Å². The first-order valence-corrected chi connectivity index (χ1v) is 39.2. The Labute approximate surface area is 687 Å². The highest BCUT2D eigenvalue weighted by Crippen LogP contribution is 2.46. The van der Waals surface area contributed by atoms with Gasteiger partial charge in [0, 0.05) is 78.8 Å². The third-order valence-electron chi connectivity index (χ3n) is 19.3. The number of aromatic amines is 1. The van der Waals surface area contributed by atoms with Crippen molar-refractivity contribution in [1.29, 1.82) is 0 Å². The fourth-order valence-electron chi connectivity index (χ4n) is 14.6. The molecule has 0 fully saturated rings. The summed E-state index contributed by atoms with van der Waals surface area (Å²) in [7, 11) is -1.80. The smallest absolute Gasteiger partial charge is 0.423 e. The topological polar surface area (TPSA) is 157 Å². The number of para-hydroxylation sites is 9. The average Bonchev–Trinajstić information content (AvgIpc) is 1.57. The fraction of sp³-hybridized carbons (Fsp3) is 0.0110. The number of benzene rings is 15. The molecule has 0 radical (unpaired) electrons. The van der Waals surface area contributed by atoms with Crippen LogP contribution in [0.3, 0.4) is 0 Å². The number of aromatic nitrogens is 4. The number of hydrogen-bond acceptors (Lipinski definition) is 6. The standard InChI is InChI=1S/C24H15ClN2O2.C24H15ClN2.C18H11BrClN.C13H9Br.C6H6BNO4.C6H4ClI/c25-19-11-3-6-14-22(19)26-20-12-4-2-9-18(20)24-17(10-7-15-23(24)26)16-8-1-5-13-21(16)27(28)29;25-17-9-3-6-12-21(17)27-20-11-5-2-8-16(20)24-22(27)14-13-19-23(24)15-7-1-4-10-18(15)26-19;19-13-7-5-11-17-18(13)12-6-1-3-9-15(12)21(17)16-10-4-2-8-14(16)20;14-12-7-3-5-10-8-9-4-1-2-6-11(9)13(10)12;9-7(10)5-3-1-2-4-6(5)8(11)12;7-5-3-1-2-4-6(5)8/h1-15H;1-14,26H;1-11H;1-7H,8H2;1-4,9-10H;1-4H. The maximum Gasteiger partial charge on any atom is 0.495 e. The highest BCUT2D eigenvalue weighted by atomic mass is 127. The largest absolute Gasteiger partial charge is 0.495 e. The van der Waals surface area contributed by atoms with Crippen LogP contribution < -0.4 is 5.46 Å². The Bertz CT molecular complexity index is 6760. The molecule has 0 aliphatic heterocycles. The van der Waals surface area contributed by atoms with Crippen LogP contribution in [0, 0.1) is 23.8 Å². The summed E-state index contributed by atoms with van der Waals surface area (Å²) in [4.78, 5) is 24.5. The van der Waals surface area contributed by atoms with Gasteiger partial charge in [-0.15, -0.1) is 0 Å². The lowest BCUT2D eigenvalue weighted by Crippen LogP contribution is -2.31. The van der Waals surface area contributed by atoms with Crippen LogP contribution in [-0.4, -0.2) is 45.7 Å². The Kier molecular flexibility index (Phi) is 22.7. The van der Waals surface area contributed by atoms with Crippen molar-refractivity contribution in [2.24, 2.45) is 0 Å². The van der Waals surface area contributed by atoms with Gasteiger partial charge in [-0.25, -0.2) is 0 Å². The number of fused-ring (bicyclic) bond motifs is 16. The zero-order chi connectivity index (χ0) is 77.0. The van der Waals surface area contributed by atoms with Crippen molar-refractivity contribution in [2.45, 2.75) is 6.42 Å². The highest BCUT2D eigenvalue weighted by molar-refractivity contribution is 14.1. The molecule has 20 heteroatoms. The summed E-state index contributed by atoms with van der Waals surface area (Å²) in [5.41, 5.74) is 18.6. The van der Waals surface area contributed by atoms with Gasteiger partial charge in [0.1, 0.15) is 0 Å². The van der Waals surface area contributed by atoms with E-state index in [0.717, 1.165) is 96.0 Å². The predicted molar refractivity (Wildman–Crippen MR) is 476 cm³/mol. The van der Waals surface area contributed by atoms with Crippen molar-refractivity contribution in [3.63, 3.8) is 0 Å². The fourth-order valence-corrected chi connectivity index (χ4v) is 17.0. The van der Waals surface area contributed by atoms with E-state index < -0.39 is 12.0 Å². The molecule has 4 aromatic heterocycles. The SMILES string of the molecule is Brc1cccc2c1-c1ccccc1C2.Clc1ccccc1-n1c2ccccc2c2c(Br)cccc21.Clc1ccccc1-n1c2ccccc2c2c3c(ccc21)[nH]c1ccccc13.Clc1ccccc1I.O=[N+]([O-])c1ccccc1-c1cccc2c1c1ccccc1n2-c1ccccc1Cl.O=[N+]([O-])c1ccccc1B(O)O. The Morgan fingerprint density at radius 3 is 1.31 bits per heavy atom. The van der Waals surface area contributed by atoms with Gasteiger partial charge in [0.2, 0.25) is 0 Å². The first kappa shape index (κ1) is 75.5. The molecule has 20 rings (SSSR count). The van der Waals surface area contributed by atoms with Crippen LogP contribution in [0.1, 0.15) is 11.1 Å². The first-order valence-electron chi connectivity index (χ1n) is 35.0. The number of nitrogens with one attached hydrogen (secondary N) is 1. The summed E-state index contributed by atoms with van der Waals surface area (Å²) in [5, 5.41) is 51.8. The quantitative estimate of drug-likeness (QED) is 0.0624. The summed E-state index contributed by atoms with van der Waals surface area (Å²) in [6, 6.07) is 109. The van der Waals surface area contributed by atoms with Crippen LogP contribution >= 0.6 is 101 Å². The number of rotatable bonds is 7. The second kappa shape index (κ2) is 33.4. The Morgan fingerprint density at radius 2 is 0.757 bits per heavy atom. The number of hydrogen-bond donors (Lipinski definition) is 3. The molecule has 1 aliphatic carbocycles. The van der Waals surface area contributed by atoms with Crippen LogP contribution in [0.25, 0.3) is 127 Å². The van der Waals surface area contributed by atoms with Crippen LogP contribution in [0.4, 0.5) is 11.4 Å². The molecule has 0 amide bonds. The summed E-state index contributed by atoms with van der Waals surface area (Å²) in [6.45, 7) is 0. The molecule has 15 aromatic carbocycles. The molecule has 0 saturated heterocycles. The van der Waals surface area contributed by atoms with Crippen LogP contribution in [-0.2, 0) is 6.42 Å². The maximum absolute atomic E-state index is 11.6. The monoisotopic (exact) mass is 1770 g/mol. The molecule has 0 bridgehead atoms. The number of H-pyrrole nitrogens is 1. The predicted octanol–water partition coefficient (Wildman–Crippen LogP) is 26.5. The number of nitro groups is 2. The van der Waals surface area contributed by atoms with Crippen molar-refractivity contribution in [1.82, 2.24) is 18.7 Å². The van der Waals surface area contributed by atoms with Gasteiger partial charge < -0.3 is 28.7 Å². The minimum atomic E-state index is -1.80. The number of halogens is 7. The van der Waals surface area contributed by atoms with Gasteiger partial charge in [0.15, 0.2) is 0 Å². The zero-order valence-electron chi connectivity index (χ0n) is 58.4. The van der Waals surface area contributed by atoms with Crippen molar-refractivity contribution in [2.75, 3.05) is 0 Å². The molecule has 0 unspecified atom stereocenters. The molecule has 0 atom stereocenters. The van der Waals surface area contributed by atoms with Gasteiger partial charge in [-0.3, -0.25) is 20.2 Å². The van der Waals surface area contributed by atoms with Gasteiger partial charge in [-0.1, -0.05) is 285 Å². The van der Waals surface area contributed by atoms with E-state index in [9.17, 15) is 20.2 Å². The summed E-state index contributed by atoms with van der Waals surface area (Å²) < 4.78 is 10.0. The van der Waals surface area contributed by atoms with Crippen LogP contribution in [0.15, 0.2) is 343 Å². The van der Waals surface area contributed by atoms with Crippen molar-refractivity contribution in [3.05, 3.63) is 398 Å². The van der Waals surface area contributed by atoms with E-state index in [-0.39, 0.29) is 21.8 Å². The molecule has 19 aromatic rings. The van der Waals surface area contributed by atoms with Crippen molar-refractivity contribution in [3.8, 4) is 39.3 Å². The van der Waals surface area contributed by atoms with E-state index in [0.29, 0.717) is 10.6 Å². The molecule has 542 valence electrons. The first-order chi connectivity index (χ1) is 54.1. The second-order valence-corrected chi connectivity index (χ2v) is 30.3. The van der Waals surface area contributed by atoms with Crippen LogP contribution in [0.2, 0.25) is 20.1 Å². The van der Waals surface area contributed by atoms with Gasteiger partial charge in [0.05, 0.1) is 91.1 Å². The maximum atomic E-state index is 11.6. The molecule has 111 heavy (non-hydrogen) atoms. The molecule has 12 nitrogen and oxygen atoms in total. The highest BCUT2D eigenvalue weighted by Gasteiger charge is 2.26. The molecular formula is C91H60BBr2Cl4IN6O6. The van der Waals surface area contributed by atoms with E-state index in [1.807, 2.05) is 133 Å². The zero-order valence-corrected chi connectivity index (χ0v) is 66.8. The van der Waals surface area contributed by atoms with Gasteiger partial charge >= 0.3 is 7.12 Å². The Hall–Kier alpha value is -10.9. The van der Waals surface area contributed by atoms with Crippen molar-refractivity contribution >= 4 is 212 Å². The van der Waals surface area contributed by atoms with E-state index in [1.54, 1.807) is 18.2 Å².